The van der Waals surface area contributed by atoms with Gasteiger partial charge in [-0.3, -0.25) is 67.1 Å². The highest BCUT2D eigenvalue weighted by Gasteiger charge is 2.62. The zero-order valence-corrected chi connectivity index (χ0v) is 49.8. The molecule has 0 aromatic heterocycles. The van der Waals surface area contributed by atoms with Gasteiger partial charge in [-0.25, -0.2) is 0 Å². The summed E-state index contributed by atoms with van der Waals surface area (Å²) in [5.41, 5.74) is 0. The van der Waals surface area contributed by atoms with Crippen LogP contribution in [0.1, 0.15) is 96.9 Å². The molecule has 4 aliphatic rings. The second kappa shape index (κ2) is 32.9. The highest BCUT2D eigenvalue weighted by Crippen LogP contribution is 2.40. The van der Waals surface area contributed by atoms with Gasteiger partial charge in [-0.15, -0.1) is 0 Å². The molecule has 20 unspecified atom stereocenters. The van der Waals surface area contributed by atoms with Crippen LogP contribution in [0, 0.1) is 0 Å². The van der Waals surface area contributed by atoms with Crippen LogP contribution in [0.4, 0.5) is 0 Å². The number of esters is 13. The van der Waals surface area contributed by atoms with E-state index in [0.717, 1.165) is 96.9 Å². The van der Waals surface area contributed by atoms with Crippen molar-refractivity contribution >= 4 is 83.5 Å². The molecule has 0 aromatic carbocycles. The van der Waals surface area contributed by atoms with Gasteiger partial charge in [0, 0.05) is 96.9 Å². The summed E-state index contributed by atoms with van der Waals surface area (Å²) in [6, 6.07) is 0. The second-order valence-corrected chi connectivity index (χ2v) is 19.6. The van der Waals surface area contributed by atoms with Gasteiger partial charge in [-0.05, 0) is 0 Å². The molecule has 4 rings (SSSR count). The van der Waals surface area contributed by atoms with E-state index in [2.05, 4.69) is 5.32 Å². The summed E-state index contributed by atoms with van der Waals surface area (Å²) in [5, 5.41) is 2.44. The van der Waals surface area contributed by atoms with Crippen molar-refractivity contribution in [1.82, 2.24) is 5.32 Å². The molecule has 0 spiro atoms. The maximum Gasteiger partial charge on any atom is 0.303 e. The minimum atomic E-state index is -2.32. The third kappa shape index (κ3) is 21.9. The van der Waals surface area contributed by atoms with Crippen molar-refractivity contribution in [3.63, 3.8) is 0 Å². The lowest BCUT2D eigenvalue weighted by molar-refractivity contribution is -0.387. The zero-order valence-electron chi connectivity index (χ0n) is 49.8. The Morgan fingerprint density at radius 3 is 0.713 bits per heavy atom. The van der Waals surface area contributed by atoms with Gasteiger partial charge >= 0.3 is 77.6 Å². The van der Waals surface area contributed by atoms with Crippen molar-refractivity contribution in [2.24, 2.45) is 0 Å². The van der Waals surface area contributed by atoms with Gasteiger partial charge < -0.3 is 100 Å². The first-order valence-electron chi connectivity index (χ1n) is 26.6. The number of hydrogen-bond donors (Lipinski definition) is 1. The monoisotopic (exact) mass is 1250 g/mol. The van der Waals surface area contributed by atoms with Crippen LogP contribution in [0.3, 0.4) is 0 Å². The van der Waals surface area contributed by atoms with Gasteiger partial charge in [0.15, 0.2) is 80.0 Å². The Morgan fingerprint density at radius 2 is 0.460 bits per heavy atom. The number of rotatable bonds is 24. The smallest absolute Gasteiger partial charge is 0.303 e. The molecule has 0 bridgehead atoms. The van der Waals surface area contributed by atoms with E-state index in [-0.39, 0.29) is 0 Å². The average molecular weight is 1250 g/mol. The molecule has 0 aromatic rings. The predicted molar refractivity (Wildman–Crippen MR) is 270 cm³/mol. The van der Waals surface area contributed by atoms with Gasteiger partial charge in [0.1, 0.15) is 69.2 Å². The highest BCUT2D eigenvalue weighted by atomic mass is 16.8. The first kappa shape index (κ1) is 71.8. The van der Waals surface area contributed by atoms with Crippen LogP contribution in [-0.2, 0) is 162 Å². The maximum atomic E-state index is 13.5. The van der Waals surface area contributed by atoms with E-state index in [9.17, 15) is 67.1 Å². The first-order chi connectivity index (χ1) is 40.6. The van der Waals surface area contributed by atoms with Gasteiger partial charge in [-0.2, -0.15) is 0 Å². The van der Waals surface area contributed by atoms with Crippen LogP contribution in [-0.4, -0.2) is 233 Å². The summed E-state index contributed by atoms with van der Waals surface area (Å²) in [6.45, 7) is 9.98. The molecule has 4 fully saturated rings. The second-order valence-electron chi connectivity index (χ2n) is 19.6. The molecular formula is C52H71NO34. The van der Waals surface area contributed by atoms with Gasteiger partial charge in [0.25, 0.3) is 0 Å². The lowest BCUT2D eigenvalue weighted by atomic mass is 9.94. The number of carbonyl (C=O) groups is 14. The SMILES string of the molecule is CC(=O)NC1OC(COC(C)=O)C(OC(C)=O)C(OC(C)=O)C1OC1OC(COC(C)=O)C(OC(C)=O)C(OC2OC(COC(C)=O)C(OC(C)=O)C(OC3OC(COC(C)=O)C(OC(C)=O)C(OC(C)=O)C3OC(C)=O)C2OC(C)=O)C1OC(C)=O. The van der Waals surface area contributed by atoms with E-state index in [0.29, 0.717) is 0 Å². The quantitative estimate of drug-likeness (QED) is 0.0792. The predicted octanol–water partition coefficient (Wildman–Crippen LogP) is -2.18. The fraction of sp³-hybridized carbons (Fsp3) is 0.731. The summed E-state index contributed by atoms with van der Waals surface area (Å²) in [6.07, 6.45) is -39.4. The van der Waals surface area contributed by atoms with Crippen molar-refractivity contribution in [3.8, 4) is 0 Å². The standard InChI is InChI=1S/C52H71NO34/c1-19(54)53-49-45(41(76-28(10)63)37(72-24(6)59)33(81-49)15-68-20(2)55)87-52-48(80-32(14)67)44(40(75-27(9)62)36(84-52)18-71-23(5)58)86-51-47(79-31(13)66)43(39(74-26(8)61)35(83-51)17-70-22(4)57)85-50-46(78-30(12)65)42(77-29(11)64)38(73-25(7)60)34(82-50)16-69-21(3)56/h33-52H,15-18H2,1-14H3,(H,53,54). The minimum absolute atomic E-state index is 0.686. The number of carbonyl (C=O) groups excluding carboxylic acids is 14. The first-order valence-corrected chi connectivity index (χ1v) is 26.6. The van der Waals surface area contributed by atoms with E-state index >= 15 is 0 Å². The molecule has 4 saturated heterocycles. The Hall–Kier alpha value is -7.70. The zero-order chi connectivity index (χ0) is 65.3. The summed E-state index contributed by atoms with van der Waals surface area (Å²) in [4.78, 5) is 179. The molecule has 0 saturated carbocycles. The fourth-order valence-corrected chi connectivity index (χ4v) is 9.39. The van der Waals surface area contributed by atoms with E-state index in [1.165, 1.54) is 0 Å². The third-order valence-corrected chi connectivity index (χ3v) is 12.1. The molecule has 0 aliphatic carbocycles. The average Bonchev–Trinajstić information content (AvgIpc) is 0.954. The summed E-state index contributed by atoms with van der Waals surface area (Å²) >= 11 is 0. The van der Waals surface area contributed by atoms with Crippen LogP contribution >= 0.6 is 0 Å². The molecule has 35 nitrogen and oxygen atoms in total. The van der Waals surface area contributed by atoms with Crippen molar-refractivity contribution in [2.45, 2.75) is 220 Å². The van der Waals surface area contributed by atoms with Crippen LogP contribution in [0.2, 0.25) is 0 Å². The van der Waals surface area contributed by atoms with Crippen LogP contribution in [0.25, 0.3) is 0 Å². The molecule has 4 aliphatic heterocycles. The Morgan fingerprint density at radius 1 is 0.253 bits per heavy atom. The normalized spacial score (nSPS) is 31.9. The molecular weight excluding hydrogens is 1180 g/mol. The number of nitrogens with one attached hydrogen (secondary N) is 1. The fourth-order valence-electron chi connectivity index (χ4n) is 9.39. The largest absolute Gasteiger partial charge is 0.463 e. The Balaban J connectivity index is 2.08. The number of hydrogen-bond acceptors (Lipinski definition) is 34. The molecule has 4 heterocycles. The van der Waals surface area contributed by atoms with Crippen molar-refractivity contribution in [3.05, 3.63) is 0 Å². The maximum absolute atomic E-state index is 13.5. The van der Waals surface area contributed by atoms with Gasteiger partial charge in [-0.1, -0.05) is 0 Å². The molecule has 35 heteroatoms. The Labute approximate surface area is 495 Å². The number of amides is 1. The molecule has 1 amide bonds. The Bertz CT molecular complexity index is 2540. The van der Waals surface area contributed by atoms with E-state index in [4.69, 9.17) is 94.7 Å². The van der Waals surface area contributed by atoms with Crippen molar-refractivity contribution < 1.29 is 162 Å². The molecule has 1 N–H and O–H groups in total. The Kier molecular flexibility index (Phi) is 27.1. The topological polar surface area (TPSA) is 436 Å². The third-order valence-electron chi connectivity index (χ3n) is 12.1. The van der Waals surface area contributed by atoms with E-state index in [1.807, 2.05) is 0 Å². The lowest BCUT2D eigenvalue weighted by Crippen LogP contribution is -2.70. The van der Waals surface area contributed by atoms with Gasteiger partial charge in [0.2, 0.25) is 5.91 Å². The number of ether oxygens (including phenoxy) is 20. The van der Waals surface area contributed by atoms with Gasteiger partial charge in [0.05, 0.1) is 0 Å². The molecule has 87 heavy (non-hydrogen) atoms. The van der Waals surface area contributed by atoms with Crippen molar-refractivity contribution in [2.75, 3.05) is 26.4 Å². The van der Waals surface area contributed by atoms with Crippen LogP contribution in [0.5, 0.6) is 0 Å². The summed E-state index contributed by atoms with van der Waals surface area (Å²) in [5.74, 6) is -14.4. The highest BCUT2D eigenvalue weighted by molar-refractivity contribution is 5.74. The van der Waals surface area contributed by atoms with E-state index in [1.54, 1.807) is 0 Å². The minimum Gasteiger partial charge on any atom is -0.463 e. The van der Waals surface area contributed by atoms with Crippen molar-refractivity contribution in [1.29, 1.82) is 0 Å². The molecule has 488 valence electrons. The van der Waals surface area contributed by atoms with E-state index < -0.39 is 233 Å². The molecule has 20 atom stereocenters. The van der Waals surface area contributed by atoms with Crippen LogP contribution < -0.4 is 5.32 Å². The van der Waals surface area contributed by atoms with Crippen LogP contribution in [0.15, 0.2) is 0 Å². The summed E-state index contributed by atoms with van der Waals surface area (Å²) in [7, 11) is 0. The summed E-state index contributed by atoms with van der Waals surface area (Å²) < 4.78 is 116. The molecule has 0 radical (unpaired) electrons. The lowest BCUT2D eigenvalue weighted by Gasteiger charge is -2.51.